The number of thiocarbonyl (C=S) groups is 1. The zero-order valence-electron chi connectivity index (χ0n) is 16.8. The molecule has 1 unspecified atom stereocenters. The van der Waals surface area contributed by atoms with Gasteiger partial charge in [0.2, 0.25) is 0 Å². The lowest BCUT2D eigenvalue weighted by molar-refractivity contribution is 0.364. The van der Waals surface area contributed by atoms with Gasteiger partial charge in [-0.3, -0.25) is 0 Å². The van der Waals surface area contributed by atoms with E-state index in [9.17, 15) is 0 Å². The van der Waals surface area contributed by atoms with Gasteiger partial charge >= 0.3 is 0 Å². The highest BCUT2D eigenvalue weighted by Crippen LogP contribution is 2.33. The van der Waals surface area contributed by atoms with Crippen molar-refractivity contribution in [2.45, 2.75) is 32.9 Å². The third kappa shape index (κ3) is 4.54. The van der Waals surface area contributed by atoms with E-state index in [4.69, 9.17) is 17.3 Å². The lowest BCUT2D eigenvalue weighted by Gasteiger charge is -2.25. The number of hydrazone groups is 1. The molecule has 0 amide bonds. The standard InChI is InChI=1S/C25H25N3S/c1-18-8-12-21(13-9-18)23-16-24(22-14-10-19(2)11-15-22)28(27-23)25(29)26-17-20-6-4-3-5-7-20/h3-15,24H,16-17H2,1-2H3,(H,26,29). The first-order valence-electron chi connectivity index (χ1n) is 9.92. The summed E-state index contributed by atoms with van der Waals surface area (Å²) >= 11 is 5.75. The highest BCUT2D eigenvalue weighted by molar-refractivity contribution is 7.80. The van der Waals surface area contributed by atoms with Crippen molar-refractivity contribution < 1.29 is 0 Å². The van der Waals surface area contributed by atoms with Crippen LogP contribution in [-0.2, 0) is 6.54 Å². The molecule has 0 saturated heterocycles. The van der Waals surface area contributed by atoms with Gasteiger partial charge in [-0.25, -0.2) is 5.01 Å². The third-order valence-electron chi connectivity index (χ3n) is 5.25. The van der Waals surface area contributed by atoms with E-state index in [1.807, 2.05) is 23.2 Å². The van der Waals surface area contributed by atoms with Crippen LogP contribution in [0.2, 0.25) is 0 Å². The smallest absolute Gasteiger partial charge is 0.190 e. The van der Waals surface area contributed by atoms with Crippen molar-refractivity contribution >= 4 is 23.0 Å². The molecule has 0 aromatic heterocycles. The van der Waals surface area contributed by atoms with E-state index in [2.05, 4.69) is 79.8 Å². The number of hydrogen-bond donors (Lipinski definition) is 1. The van der Waals surface area contributed by atoms with Crippen LogP contribution in [0.3, 0.4) is 0 Å². The van der Waals surface area contributed by atoms with Gasteiger partial charge in [0.05, 0.1) is 11.8 Å². The monoisotopic (exact) mass is 399 g/mol. The van der Waals surface area contributed by atoms with Gasteiger partial charge in [0.1, 0.15) is 0 Å². The molecule has 4 heteroatoms. The SMILES string of the molecule is Cc1ccc(C2=NN(C(=S)NCc3ccccc3)C(c3ccc(C)cc3)C2)cc1. The van der Waals surface area contributed by atoms with Crippen LogP contribution in [-0.4, -0.2) is 15.8 Å². The van der Waals surface area contributed by atoms with Gasteiger partial charge in [-0.05, 0) is 42.8 Å². The summed E-state index contributed by atoms with van der Waals surface area (Å²) < 4.78 is 0. The minimum atomic E-state index is 0.0997. The molecule has 1 atom stereocenters. The van der Waals surface area contributed by atoms with Crippen molar-refractivity contribution in [1.29, 1.82) is 0 Å². The van der Waals surface area contributed by atoms with Crippen molar-refractivity contribution in [3.63, 3.8) is 0 Å². The number of aryl methyl sites for hydroxylation is 2. The summed E-state index contributed by atoms with van der Waals surface area (Å²) in [6, 6.07) is 27.6. The maximum absolute atomic E-state index is 5.75. The first-order chi connectivity index (χ1) is 14.1. The molecule has 29 heavy (non-hydrogen) atoms. The third-order valence-corrected chi connectivity index (χ3v) is 5.58. The zero-order chi connectivity index (χ0) is 20.2. The summed E-state index contributed by atoms with van der Waals surface area (Å²) in [5, 5.41) is 10.9. The molecule has 0 bridgehead atoms. The Hall–Kier alpha value is -2.98. The van der Waals surface area contributed by atoms with E-state index in [-0.39, 0.29) is 6.04 Å². The normalized spacial score (nSPS) is 15.9. The Morgan fingerprint density at radius 1 is 0.931 bits per heavy atom. The quantitative estimate of drug-likeness (QED) is 0.585. The number of rotatable bonds is 4. The molecule has 0 spiro atoms. The Kier molecular flexibility index (Phi) is 5.72. The van der Waals surface area contributed by atoms with Gasteiger partial charge in [-0.15, -0.1) is 0 Å². The van der Waals surface area contributed by atoms with E-state index >= 15 is 0 Å². The van der Waals surface area contributed by atoms with Crippen LogP contribution >= 0.6 is 12.2 Å². The molecule has 0 aliphatic carbocycles. The van der Waals surface area contributed by atoms with Crippen LogP contribution in [0.1, 0.15) is 40.3 Å². The zero-order valence-corrected chi connectivity index (χ0v) is 17.6. The van der Waals surface area contributed by atoms with Crippen molar-refractivity contribution in [1.82, 2.24) is 10.3 Å². The van der Waals surface area contributed by atoms with Crippen LogP contribution < -0.4 is 5.32 Å². The molecular weight excluding hydrogens is 374 g/mol. The number of benzene rings is 3. The van der Waals surface area contributed by atoms with E-state index in [1.54, 1.807) is 0 Å². The fourth-order valence-electron chi connectivity index (χ4n) is 3.52. The predicted octanol–water partition coefficient (Wildman–Crippen LogP) is 5.53. The summed E-state index contributed by atoms with van der Waals surface area (Å²) in [7, 11) is 0. The van der Waals surface area contributed by atoms with Crippen LogP contribution in [0.15, 0.2) is 84.0 Å². The summed E-state index contributed by atoms with van der Waals surface area (Å²) in [4.78, 5) is 0. The molecule has 1 heterocycles. The Morgan fingerprint density at radius 3 is 2.21 bits per heavy atom. The average Bonchev–Trinajstić information content (AvgIpc) is 3.19. The van der Waals surface area contributed by atoms with Crippen LogP contribution in [0, 0.1) is 13.8 Å². The van der Waals surface area contributed by atoms with E-state index in [0.29, 0.717) is 11.7 Å². The highest BCUT2D eigenvalue weighted by Gasteiger charge is 2.31. The number of hydrogen-bond acceptors (Lipinski definition) is 2. The predicted molar refractivity (Wildman–Crippen MR) is 124 cm³/mol. The fourth-order valence-corrected chi connectivity index (χ4v) is 3.76. The molecule has 1 N–H and O–H groups in total. The molecule has 0 radical (unpaired) electrons. The molecule has 3 aromatic rings. The van der Waals surface area contributed by atoms with E-state index < -0.39 is 0 Å². The maximum atomic E-state index is 5.75. The summed E-state index contributed by atoms with van der Waals surface area (Å²) in [6.07, 6.45) is 0.833. The van der Waals surface area contributed by atoms with E-state index in [1.165, 1.54) is 22.3 Å². The lowest BCUT2D eigenvalue weighted by atomic mass is 9.97. The molecule has 4 rings (SSSR count). The van der Waals surface area contributed by atoms with Crippen molar-refractivity contribution in [2.24, 2.45) is 5.10 Å². The second kappa shape index (κ2) is 8.58. The fraction of sp³-hybridized carbons (Fsp3) is 0.200. The summed E-state index contributed by atoms with van der Waals surface area (Å²) in [5.74, 6) is 0. The average molecular weight is 400 g/mol. The summed E-state index contributed by atoms with van der Waals surface area (Å²) in [5.41, 5.74) is 7.15. The molecule has 1 aliphatic heterocycles. The van der Waals surface area contributed by atoms with Crippen LogP contribution in [0.4, 0.5) is 0 Å². The van der Waals surface area contributed by atoms with Gasteiger partial charge in [0.25, 0.3) is 0 Å². The van der Waals surface area contributed by atoms with Gasteiger partial charge in [0.15, 0.2) is 5.11 Å². The van der Waals surface area contributed by atoms with Crippen LogP contribution in [0.5, 0.6) is 0 Å². The largest absolute Gasteiger partial charge is 0.357 e. The molecule has 3 nitrogen and oxygen atoms in total. The topological polar surface area (TPSA) is 27.6 Å². The second-order valence-corrected chi connectivity index (χ2v) is 7.92. The van der Waals surface area contributed by atoms with Crippen molar-refractivity contribution in [3.8, 4) is 0 Å². The maximum Gasteiger partial charge on any atom is 0.190 e. The number of nitrogens with zero attached hydrogens (tertiary/aromatic N) is 2. The number of nitrogens with one attached hydrogen (secondary N) is 1. The Balaban J connectivity index is 1.58. The molecule has 0 fully saturated rings. The van der Waals surface area contributed by atoms with Gasteiger partial charge in [-0.1, -0.05) is 90.0 Å². The van der Waals surface area contributed by atoms with Gasteiger partial charge < -0.3 is 5.32 Å². The minimum absolute atomic E-state index is 0.0997. The van der Waals surface area contributed by atoms with Gasteiger partial charge in [0, 0.05) is 13.0 Å². The van der Waals surface area contributed by atoms with Crippen molar-refractivity contribution in [2.75, 3.05) is 0 Å². The lowest BCUT2D eigenvalue weighted by Crippen LogP contribution is -2.36. The Labute approximate surface area is 178 Å². The van der Waals surface area contributed by atoms with Crippen LogP contribution in [0.25, 0.3) is 0 Å². The molecule has 1 aliphatic rings. The van der Waals surface area contributed by atoms with Crippen molar-refractivity contribution in [3.05, 3.63) is 107 Å². The Bertz CT molecular complexity index is 1010. The molecular formula is C25H25N3S. The first kappa shape index (κ1) is 19.3. The molecule has 146 valence electrons. The minimum Gasteiger partial charge on any atom is -0.357 e. The first-order valence-corrected chi connectivity index (χ1v) is 10.3. The highest BCUT2D eigenvalue weighted by atomic mass is 32.1. The second-order valence-electron chi connectivity index (χ2n) is 7.53. The Morgan fingerprint density at radius 2 is 1.55 bits per heavy atom. The van der Waals surface area contributed by atoms with Gasteiger partial charge in [-0.2, -0.15) is 5.10 Å². The molecule has 3 aromatic carbocycles. The van der Waals surface area contributed by atoms with E-state index in [0.717, 1.165) is 17.7 Å². The molecule has 0 saturated carbocycles. The summed E-state index contributed by atoms with van der Waals surface area (Å²) in [6.45, 7) is 4.90.